The lowest BCUT2D eigenvalue weighted by Gasteiger charge is -2.26. The normalized spacial score (nSPS) is 15.5. The predicted octanol–water partition coefficient (Wildman–Crippen LogP) is 3.75. The SMILES string of the molecule is CCC1Cn2c(C(=O)NCc3cccc(OC)c3)cc3cccc(c32)O1. The number of nitrogens with zero attached hydrogens (tertiary/aromatic N) is 1. The summed E-state index contributed by atoms with van der Waals surface area (Å²) in [5.74, 6) is 1.56. The number of methoxy groups -OCH3 is 1. The average Bonchev–Trinajstić information content (AvgIpc) is 3.06. The zero-order valence-corrected chi connectivity index (χ0v) is 15.0. The lowest BCUT2D eigenvalue weighted by Crippen LogP contribution is -2.31. The molecule has 5 nitrogen and oxygen atoms in total. The van der Waals surface area contributed by atoms with Gasteiger partial charge in [0.15, 0.2) is 0 Å². The molecule has 1 N–H and O–H groups in total. The molecule has 0 saturated heterocycles. The number of carbonyl (C=O) groups excluding carboxylic acids is 1. The second kappa shape index (κ2) is 6.75. The largest absolute Gasteiger partial charge is 0.497 e. The molecule has 26 heavy (non-hydrogen) atoms. The maximum absolute atomic E-state index is 12.8. The third-order valence-electron chi connectivity index (χ3n) is 4.84. The second-order valence-electron chi connectivity index (χ2n) is 6.52. The van der Waals surface area contributed by atoms with Crippen molar-refractivity contribution in [3.05, 3.63) is 59.8 Å². The van der Waals surface area contributed by atoms with Crippen LogP contribution in [0, 0.1) is 0 Å². The molecule has 1 aromatic heterocycles. The van der Waals surface area contributed by atoms with Gasteiger partial charge in [0.1, 0.15) is 23.3 Å². The number of rotatable bonds is 5. The Kier molecular flexibility index (Phi) is 4.29. The number of para-hydroxylation sites is 1. The molecule has 134 valence electrons. The van der Waals surface area contributed by atoms with Crippen LogP contribution in [-0.2, 0) is 13.1 Å². The van der Waals surface area contributed by atoms with Crippen LogP contribution in [0.15, 0.2) is 48.5 Å². The van der Waals surface area contributed by atoms with Crippen molar-refractivity contribution in [3.63, 3.8) is 0 Å². The molecule has 2 aromatic carbocycles. The van der Waals surface area contributed by atoms with Crippen molar-refractivity contribution in [2.24, 2.45) is 0 Å². The van der Waals surface area contributed by atoms with Gasteiger partial charge in [0.05, 0.1) is 19.2 Å². The van der Waals surface area contributed by atoms with Gasteiger partial charge in [-0.1, -0.05) is 31.2 Å². The van der Waals surface area contributed by atoms with E-state index in [1.165, 1.54) is 0 Å². The molecular weight excluding hydrogens is 328 g/mol. The molecule has 0 fully saturated rings. The number of carbonyl (C=O) groups is 1. The Hall–Kier alpha value is -2.95. The quantitative estimate of drug-likeness (QED) is 0.762. The topological polar surface area (TPSA) is 52.5 Å². The number of amides is 1. The Morgan fingerprint density at radius 3 is 2.92 bits per heavy atom. The molecule has 0 aliphatic carbocycles. The smallest absolute Gasteiger partial charge is 0.268 e. The van der Waals surface area contributed by atoms with Crippen LogP contribution in [0.4, 0.5) is 0 Å². The van der Waals surface area contributed by atoms with Crippen LogP contribution >= 0.6 is 0 Å². The highest BCUT2D eigenvalue weighted by Crippen LogP contribution is 2.34. The summed E-state index contributed by atoms with van der Waals surface area (Å²) in [4.78, 5) is 12.8. The molecule has 1 atom stereocenters. The van der Waals surface area contributed by atoms with Crippen molar-refractivity contribution in [1.82, 2.24) is 9.88 Å². The highest BCUT2D eigenvalue weighted by molar-refractivity contribution is 6.00. The Morgan fingerprint density at radius 1 is 1.27 bits per heavy atom. The van der Waals surface area contributed by atoms with Gasteiger partial charge in [-0.05, 0) is 36.2 Å². The van der Waals surface area contributed by atoms with E-state index in [1.54, 1.807) is 7.11 Å². The van der Waals surface area contributed by atoms with Crippen LogP contribution in [0.25, 0.3) is 10.9 Å². The summed E-state index contributed by atoms with van der Waals surface area (Å²) in [6, 6.07) is 15.6. The van der Waals surface area contributed by atoms with Gasteiger partial charge in [0.25, 0.3) is 5.91 Å². The number of aromatic nitrogens is 1. The number of hydrogen-bond donors (Lipinski definition) is 1. The number of benzene rings is 2. The van der Waals surface area contributed by atoms with Gasteiger partial charge in [-0.3, -0.25) is 4.79 Å². The summed E-state index contributed by atoms with van der Waals surface area (Å²) in [6.07, 6.45) is 0.990. The Balaban J connectivity index is 1.60. The first-order valence-electron chi connectivity index (χ1n) is 8.89. The molecule has 1 aliphatic rings. The van der Waals surface area contributed by atoms with Crippen molar-refractivity contribution in [1.29, 1.82) is 0 Å². The Labute approximate surface area is 152 Å². The summed E-state index contributed by atoms with van der Waals surface area (Å²) < 4.78 is 13.4. The molecule has 1 amide bonds. The van der Waals surface area contributed by atoms with Crippen LogP contribution in [0.2, 0.25) is 0 Å². The Morgan fingerprint density at radius 2 is 2.12 bits per heavy atom. The second-order valence-corrected chi connectivity index (χ2v) is 6.52. The van der Waals surface area contributed by atoms with Crippen LogP contribution in [0.3, 0.4) is 0 Å². The fourth-order valence-corrected chi connectivity index (χ4v) is 3.45. The van der Waals surface area contributed by atoms with Gasteiger partial charge in [-0.2, -0.15) is 0 Å². The van der Waals surface area contributed by atoms with Crippen LogP contribution in [0.1, 0.15) is 29.4 Å². The van der Waals surface area contributed by atoms with Crippen LogP contribution in [0.5, 0.6) is 11.5 Å². The molecule has 4 rings (SSSR count). The van der Waals surface area contributed by atoms with Crippen molar-refractivity contribution < 1.29 is 14.3 Å². The summed E-state index contributed by atoms with van der Waals surface area (Å²) in [6.45, 7) is 3.25. The average molecular weight is 350 g/mol. The van der Waals surface area contributed by atoms with Gasteiger partial charge in [-0.25, -0.2) is 0 Å². The van der Waals surface area contributed by atoms with E-state index < -0.39 is 0 Å². The molecule has 3 aromatic rings. The summed E-state index contributed by atoms with van der Waals surface area (Å²) >= 11 is 0. The summed E-state index contributed by atoms with van der Waals surface area (Å²) in [7, 11) is 1.64. The van der Waals surface area contributed by atoms with Gasteiger partial charge in [0, 0.05) is 11.9 Å². The monoisotopic (exact) mass is 350 g/mol. The third kappa shape index (κ3) is 2.90. The van der Waals surface area contributed by atoms with E-state index >= 15 is 0 Å². The zero-order valence-electron chi connectivity index (χ0n) is 15.0. The standard InChI is InChI=1S/C21H22N2O3/c1-3-16-13-23-18(11-15-7-5-9-19(26-16)20(15)23)21(24)22-12-14-6-4-8-17(10-14)25-2/h4-11,16H,3,12-13H2,1-2H3,(H,22,24). The van der Waals surface area contributed by atoms with Gasteiger partial charge in [-0.15, -0.1) is 0 Å². The first-order chi connectivity index (χ1) is 12.7. The first-order valence-corrected chi connectivity index (χ1v) is 8.89. The predicted molar refractivity (Wildman–Crippen MR) is 101 cm³/mol. The minimum absolute atomic E-state index is 0.0771. The molecule has 1 aliphatic heterocycles. The van der Waals surface area contributed by atoms with Crippen molar-refractivity contribution in [2.75, 3.05) is 7.11 Å². The molecule has 0 spiro atoms. The zero-order chi connectivity index (χ0) is 18.1. The summed E-state index contributed by atoms with van der Waals surface area (Å²) in [5.41, 5.74) is 2.68. The highest BCUT2D eigenvalue weighted by Gasteiger charge is 2.25. The van der Waals surface area contributed by atoms with E-state index in [0.29, 0.717) is 18.8 Å². The van der Waals surface area contributed by atoms with Crippen molar-refractivity contribution in [2.45, 2.75) is 32.5 Å². The maximum atomic E-state index is 12.8. The van der Waals surface area contributed by atoms with Gasteiger partial charge in [0.2, 0.25) is 0 Å². The molecule has 5 heteroatoms. The molecule has 0 radical (unpaired) electrons. The fraction of sp³-hybridized carbons (Fsp3) is 0.286. The molecule has 0 bridgehead atoms. The lowest BCUT2D eigenvalue weighted by atomic mass is 10.2. The Bertz CT molecular complexity index is 961. The van der Waals surface area contributed by atoms with Crippen LogP contribution in [-0.4, -0.2) is 23.7 Å². The number of hydrogen-bond acceptors (Lipinski definition) is 3. The van der Waals surface area contributed by atoms with Gasteiger partial charge >= 0.3 is 0 Å². The van der Waals surface area contributed by atoms with E-state index in [-0.39, 0.29) is 12.0 Å². The highest BCUT2D eigenvalue weighted by atomic mass is 16.5. The van der Waals surface area contributed by atoms with Crippen molar-refractivity contribution in [3.8, 4) is 11.5 Å². The van der Waals surface area contributed by atoms with E-state index in [9.17, 15) is 4.79 Å². The van der Waals surface area contributed by atoms with Gasteiger partial charge < -0.3 is 19.4 Å². The number of nitrogens with one attached hydrogen (secondary N) is 1. The molecule has 2 heterocycles. The maximum Gasteiger partial charge on any atom is 0.268 e. The summed E-state index contributed by atoms with van der Waals surface area (Å²) in [5, 5.41) is 4.05. The van der Waals surface area contributed by atoms with Crippen molar-refractivity contribution >= 4 is 16.8 Å². The molecule has 1 unspecified atom stereocenters. The van der Waals surface area contributed by atoms with E-state index in [4.69, 9.17) is 9.47 Å². The fourth-order valence-electron chi connectivity index (χ4n) is 3.45. The molecular formula is C21H22N2O3. The third-order valence-corrected chi connectivity index (χ3v) is 4.84. The van der Waals surface area contributed by atoms with E-state index in [0.717, 1.165) is 34.4 Å². The lowest BCUT2D eigenvalue weighted by molar-refractivity contribution is 0.0935. The minimum Gasteiger partial charge on any atom is -0.497 e. The van der Waals surface area contributed by atoms with E-state index in [1.807, 2.05) is 48.5 Å². The molecule has 0 saturated carbocycles. The van der Waals surface area contributed by atoms with Crippen LogP contribution < -0.4 is 14.8 Å². The minimum atomic E-state index is -0.0771. The van der Waals surface area contributed by atoms with E-state index in [2.05, 4.69) is 16.8 Å². The first kappa shape index (κ1) is 16.5. The number of ether oxygens (including phenoxy) is 2.